The standard InChI is InChI=1S/C23H41NO4/c1-2-3-4-5-6-7-8-9-10-11-12-13-14-15-16-17-22(26)24-19-18-21(20-25)23(27)28/h9-10,20-21H,2-8,11-19H2,1H3,(H,24,26)(H,27,28)/b10-9-. The fourth-order valence-corrected chi connectivity index (χ4v) is 3.06. The molecule has 1 unspecified atom stereocenters. The zero-order valence-electron chi connectivity index (χ0n) is 17.8. The van der Waals surface area contributed by atoms with Crippen molar-refractivity contribution in [3.8, 4) is 0 Å². The van der Waals surface area contributed by atoms with Crippen LogP contribution in [0.2, 0.25) is 0 Å². The number of allylic oxidation sites excluding steroid dienone is 2. The minimum absolute atomic E-state index is 0.0623. The molecule has 5 heteroatoms. The fraction of sp³-hybridized carbons (Fsp3) is 0.783. The second kappa shape index (κ2) is 20.1. The van der Waals surface area contributed by atoms with Crippen LogP contribution in [0.15, 0.2) is 12.2 Å². The first-order valence-electron chi connectivity index (χ1n) is 11.2. The highest BCUT2D eigenvalue weighted by molar-refractivity contribution is 5.86. The number of hydrogen-bond donors (Lipinski definition) is 2. The van der Waals surface area contributed by atoms with Gasteiger partial charge in [0.15, 0.2) is 0 Å². The van der Waals surface area contributed by atoms with E-state index in [1.165, 1.54) is 57.8 Å². The lowest BCUT2D eigenvalue weighted by Crippen LogP contribution is -2.28. The Bertz CT molecular complexity index is 434. The van der Waals surface area contributed by atoms with Crippen molar-refractivity contribution < 1.29 is 19.5 Å². The third kappa shape index (κ3) is 17.7. The molecule has 0 aromatic carbocycles. The highest BCUT2D eigenvalue weighted by Gasteiger charge is 2.15. The van der Waals surface area contributed by atoms with Crippen LogP contribution in [0.4, 0.5) is 0 Å². The van der Waals surface area contributed by atoms with Crippen molar-refractivity contribution in [1.82, 2.24) is 5.32 Å². The van der Waals surface area contributed by atoms with Crippen LogP contribution in [0.3, 0.4) is 0 Å². The van der Waals surface area contributed by atoms with Crippen LogP contribution in [0.1, 0.15) is 103 Å². The molecule has 0 fully saturated rings. The number of carbonyl (C=O) groups excluding carboxylic acids is 2. The number of carboxylic acids is 1. The molecule has 0 saturated carbocycles. The summed E-state index contributed by atoms with van der Waals surface area (Å²) in [5.41, 5.74) is 0. The lowest BCUT2D eigenvalue weighted by atomic mass is 10.1. The third-order valence-corrected chi connectivity index (χ3v) is 4.92. The smallest absolute Gasteiger partial charge is 0.313 e. The summed E-state index contributed by atoms with van der Waals surface area (Å²) in [4.78, 5) is 32.9. The van der Waals surface area contributed by atoms with Gasteiger partial charge < -0.3 is 15.2 Å². The van der Waals surface area contributed by atoms with Gasteiger partial charge in [-0.05, 0) is 38.5 Å². The molecular weight excluding hydrogens is 354 g/mol. The number of aldehydes is 1. The van der Waals surface area contributed by atoms with Crippen LogP contribution in [0.25, 0.3) is 0 Å². The number of carboxylic acid groups (broad SMARTS) is 1. The van der Waals surface area contributed by atoms with E-state index in [0.717, 1.165) is 25.7 Å². The van der Waals surface area contributed by atoms with E-state index < -0.39 is 11.9 Å². The van der Waals surface area contributed by atoms with Crippen molar-refractivity contribution in [1.29, 1.82) is 0 Å². The summed E-state index contributed by atoms with van der Waals surface area (Å²) in [6.45, 7) is 2.48. The average Bonchev–Trinajstić information content (AvgIpc) is 2.68. The normalized spacial score (nSPS) is 12.2. The van der Waals surface area contributed by atoms with Crippen LogP contribution in [0.5, 0.6) is 0 Å². The van der Waals surface area contributed by atoms with E-state index in [1.807, 2.05) is 0 Å². The van der Waals surface area contributed by atoms with E-state index in [1.54, 1.807) is 0 Å². The monoisotopic (exact) mass is 395 g/mol. The van der Waals surface area contributed by atoms with Crippen LogP contribution < -0.4 is 5.32 Å². The predicted molar refractivity (Wildman–Crippen MR) is 114 cm³/mol. The summed E-state index contributed by atoms with van der Waals surface area (Å²) in [6, 6.07) is 0. The first-order valence-corrected chi connectivity index (χ1v) is 11.2. The number of amides is 1. The number of nitrogens with one attached hydrogen (secondary N) is 1. The van der Waals surface area contributed by atoms with E-state index in [9.17, 15) is 14.4 Å². The van der Waals surface area contributed by atoms with Crippen LogP contribution >= 0.6 is 0 Å². The molecule has 5 nitrogen and oxygen atoms in total. The molecule has 162 valence electrons. The van der Waals surface area contributed by atoms with Crippen molar-refractivity contribution >= 4 is 18.2 Å². The highest BCUT2D eigenvalue weighted by atomic mass is 16.4. The van der Waals surface area contributed by atoms with Gasteiger partial charge in [0.05, 0.1) is 0 Å². The Kier molecular flexibility index (Phi) is 18.9. The molecule has 0 aliphatic heterocycles. The lowest BCUT2D eigenvalue weighted by Gasteiger charge is -2.07. The number of carbonyl (C=O) groups is 3. The third-order valence-electron chi connectivity index (χ3n) is 4.92. The second-order valence-electron chi connectivity index (χ2n) is 7.55. The summed E-state index contributed by atoms with van der Waals surface area (Å²) in [7, 11) is 0. The SMILES string of the molecule is CCCCCCCC/C=C\CCCCCCCC(=O)NCCC(C=O)C(=O)O. The fourth-order valence-electron chi connectivity index (χ4n) is 3.06. The van der Waals surface area contributed by atoms with Gasteiger partial charge in [0, 0.05) is 13.0 Å². The first kappa shape index (κ1) is 26.4. The van der Waals surface area contributed by atoms with Crippen LogP contribution in [-0.4, -0.2) is 29.8 Å². The molecule has 0 radical (unpaired) electrons. The van der Waals surface area contributed by atoms with E-state index in [2.05, 4.69) is 24.4 Å². The molecule has 0 saturated heterocycles. The molecule has 1 amide bonds. The Labute approximate surface area is 171 Å². The first-order chi connectivity index (χ1) is 13.6. The van der Waals surface area contributed by atoms with E-state index in [-0.39, 0.29) is 18.9 Å². The van der Waals surface area contributed by atoms with E-state index in [0.29, 0.717) is 12.7 Å². The molecule has 0 aromatic heterocycles. The summed E-state index contributed by atoms with van der Waals surface area (Å²) in [5.74, 6) is -2.23. The maximum Gasteiger partial charge on any atom is 0.313 e. The molecule has 0 heterocycles. The zero-order chi connectivity index (χ0) is 20.9. The quantitative estimate of drug-likeness (QED) is 0.125. The second-order valence-corrected chi connectivity index (χ2v) is 7.55. The summed E-state index contributed by atoms with van der Waals surface area (Å²) in [6.07, 6.45) is 21.6. The van der Waals surface area contributed by atoms with Gasteiger partial charge in [0.1, 0.15) is 12.2 Å². The van der Waals surface area contributed by atoms with Gasteiger partial charge in [-0.1, -0.05) is 70.4 Å². The van der Waals surface area contributed by atoms with E-state index >= 15 is 0 Å². The Balaban J connectivity index is 3.36. The van der Waals surface area contributed by atoms with Crippen LogP contribution in [0, 0.1) is 5.92 Å². The van der Waals surface area contributed by atoms with Crippen molar-refractivity contribution in [2.75, 3.05) is 6.54 Å². The Morgan fingerprint density at radius 1 is 0.857 bits per heavy atom. The maximum absolute atomic E-state index is 11.7. The molecule has 0 aliphatic carbocycles. The topological polar surface area (TPSA) is 83.5 Å². The van der Waals surface area contributed by atoms with Gasteiger partial charge in [-0.3, -0.25) is 9.59 Å². The minimum atomic E-state index is -1.14. The van der Waals surface area contributed by atoms with Gasteiger partial charge in [-0.25, -0.2) is 0 Å². The summed E-state index contributed by atoms with van der Waals surface area (Å²) in [5, 5.41) is 11.4. The molecule has 1 atom stereocenters. The predicted octanol–water partition coefficient (Wildman–Crippen LogP) is 5.43. The van der Waals surface area contributed by atoms with Gasteiger partial charge >= 0.3 is 5.97 Å². The number of unbranched alkanes of at least 4 members (excludes halogenated alkanes) is 11. The molecule has 0 rings (SSSR count). The number of hydrogen-bond acceptors (Lipinski definition) is 3. The minimum Gasteiger partial charge on any atom is -0.481 e. The molecule has 28 heavy (non-hydrogen) atoms. The Morgan fingerprint density at radius 3 is 1.93 bits per heavy atom. The Hall–Kier alpha value is -1.65. The van der Waals surface area contributed by atoms with Gasteiger partial charge in [0.25, 0.3) is 0 Å². The van der Waals surface area contributed by atoms with Crippen molar-refractivity contribution in [3.63, 3.8) is 0 Å². The molecule has 0 bridgehead atoms. The van der Waals surface area contributed by atoms with Gasteiger partial charge in [-0.2, -0.15) is 0 Å². The largest absolute Gasteiger partial charge is 0.481 e. The van der Waals surface area contributed by atoms with Crippen molar-refractivity contribution in [3.05, 3.63) is 12.2 Å². The molecule has 0 aromatic rings. The molecular formula is C23H41NO4. The van der Waals surface area contributed by atoms with Gasteiger partial charge in [0.2, 0.25) is 5.91 Å². The lowest BCUT2D eigenvalue weighted by molar-refractivity contribution is -0.143. The summed E-state index contributed by atoms with van der Waals surface area (Å²) >= 11 is 0. The summed E-state index contributed by atoms with van der Waals surface area (Å²) < 4.78 is 0. The number of aliphatic carboxylic acids is 1. The zero-order valence-corrected chi connectivity index (χ0v) is 17.8. The highest BCUT2D eigenvalue weighted by Crippen LogP contribution is 2.10. The van der Waals surface area contributed by atoms with Gasteiger partial charge in [-0.15, -0.1) is 0 Å². The van der Waals surface area contributed by atoms with Crippen molar-refractivity contribution in [2.24, 2.45) is 5.92 Å². The van der Waals surface area contributed by atoms with E-state index in [4.69, 9.17) is 5.11 Å². The number of rotatable bonds is 20. The molecule has 0 aliphatic rings. The molecule has 0 spiro atoms. The average molecular weight is 396 g/mol. The molecule has 2 N–H and O–H groups in total. The van der Waals surface area contributed by atoms with Crippen molar-refractivity contribution in [2.45, 2.75) is 103 Å². The Morgan fingerprint density at radius 2 is 1.39 bits per heavy atom. The maximum atomic E-state index is 11.7. The van der Waals surface area contributed by atoms with Crippen LogP contribution in [-0.2, 0) is 14.4 Å².